The maximum Gasteiger partial charge on any atom is 0.311 e. The molecule has 100 valence electrons. The number of likely N-dealkylation sites (tertiary alicyclic amines) is 1. The third-order valence-electron chi connectivity index (χ3n) is 3.35. The van der Waals surface area contributed by atoms with E-state index in [0.29, 0.717) is 19.0 Å². The van der Waals surface area contributed by atoms with Crippen LogP contribution in [0.4, 0.5) is 0 Å². The first-order chi connectivity index (χ1) is 8.69. The first kappa shape index (κ1) is 14.5. The molecule has 1 aliphatic rings. The summed E-state index contributed by atoms with van der Waals surface area (Å²) in [6.45, 7) is 3.36. The first-order valence-corrected chi connectivity index (χ1v) is 6.63. The fourth-order valence-electron chi connectivity index (χ4n) is 2.40. The molecule has 1 rings (SSSR count). The molecule has 5 heteroatoms. The summed E-state index contributed by atoms with van der Waals surface area (Å²) >= 11 is 0. The van der Waals surface area contributed by atoms with Crippen LogP contribution in [0.5, 0.6) is 0 Å². The zero-order chi connectivity index (χ0) is 13.4. The second kappa shape index (κ2) is 7.70. The fourth-order valence-corrected chi connectivity index (χ4v) is 2.40. The second-order valence-corrected chi connectivity index (χ2v) is 4.72. The normalized spacial score (nSPS) is 19.8. The molecule has 1 unspecified atom stereocenters. The predicted molar refractivity (Wildman–Crippen MR) is 67.5 cm³/mol. The lowest BCUT2D eigenvalue weighted by molar-refractivity contribution is -0.145. The van der Waals surface area contributed by atoms with Gasteiger partial charge in [-0.3, -0.25) is 9.59 Å². The highest BCUT2D eigenvalue weighted by atomic mass is 16.2. The maximum absolute atomic E-state index is 11.8. The van der Waals surface area contributed by atoms with Gasteiger partial charge in [0.2, 0.25) is 0 Å². The van der Waals surface area contributed by atoms with E-state index < -0.39 is 11.8 Å². The van der Waals surface area contributed by atoms with Crippen LogP contribution in [0.15, 0.2) is 0 Å². The van der Waals surface area contributed by atoms with E-state index in [4.69, 9.17) is 5.26 Å². The standard InChI is InChI=1S/C13H21N3O2/c1-2-4-11-5-3-9-16(10-6-11)13(18)12(17)15-8-7-14/h11H,2-6,8-10H2,1H3,(H,15,17). The van der Waals surface area contributed by atoms with Gasteiger partial charge in [-0.05, 0) is 25.2 Å². The number of hydrogen-bond donors (Lipinski definition) is 1. The van der Waals surface area contributed by atoms with Gasteiger partial charge in [-0.25, -0.2) is 0 Å². The van der Waals surface area contributed by atoms with E-state index in [9.17, 15) is 9.59 Å². The average Bonchev–Trinajstić information content (AvgIpc) is 2.61. The molecule has 2 amide bonds. The minimum atomic E-state index is -0.662. The van der Waals surface area contributed by atoms with Gasteiger partial charge in [-0.1, -0.05) is 19.8 Å². The number of hydrogen-bond acceptors (Lipinski definition) is 3. The topological polar surface area (TPSA) is 73.2 Å². The Kier molecular flexibility index (Phi) is 6.20. The zero-order valence-electron chi connectivity index (χ0n) is 10.9. The average molecular weight is 251 g/mol. The zero-order valence-corrected chi connectivity index (χ0v) is 10.9. The number of nitriles is 1. The van der Waals surface area contributed by atoms with Crippen LogP contribution in [0.2, 0.25) is 0 Å². The molecule has 1 N–H and O–H groups in total. The van der Waals surface area contributed by atoms with Crippen LogP contribution in [0.25, 0.3) is 0 Å². The molecule has 0 saturated carbocycles. The molecule has 18 heavy (non-hydrogen) atoms. The number of rotatable bonds is 3. The monoisotopic (exact) mass is 251 g/mol. The smallest absolute Gasteiger partial charge is 0.311 e. The van der Waals surface area contributed by atoms with Crippen molar-refractivity contribution < 1.29 is 9.59 Å². The minimum Gasteiger partial charge on any atom is -0.335 e. The predicted octanol–water partition coefficient (Wildman–Crippen LogP) is 1.05. The van der Waals surface area contributed by atoms with Crippen LogP contribution in [-0.2, 0) is 9.59 Å². The number of carbonyl (C=O) groups excluding carboxylic acids is 2. The lowest BCUT2D eigenvalue weighted by Gasteiger charge is -2.19. The van der Waals surface area contributed by atoms with Crippen molar-refractivity contribution in [1.29, 1.82) is 5.26 Å². The summed E-state index contributed by atoms with van der Waals surface area (Å²) in [5.41, 5.74) is 0. The Morgan fingerprint density at radius 3 is 2.83 bits per heavy atom. The Bertz CT molecular complexity index is 336. The molecule has 0 bridgehead atoms. The van der Waals surface area contributed by atoms with Gasteiger partial charge in [0.25, 0.3) is 0 Å². The van der Waals surface area contributed by atoms with E-state index in [1.807, 2.05) is 0 Å². The largest absolute Gasteiger partial charge is 0.335 e. The van der Waals surface area contributed by atoms with Crippen LogP contribution >= 0.6 is 0 Å². The summed E-state index contributed by atoms with van der Waals surface area (Å²) in [6.07, 6.45) is 5.44. The van der Waals surface area contributed by atoms with E-state index in [0.717, 1.165) is 19.3 Å². The molecular weight excluding hydrogens is 230 g/mol. The third-order valence-corrected chi connectivity index (χ3v) is 3.35. The van der Waals surface area contributed by atoms with Crippen molar-refractivity contribution >= 4 is 11.8 Å². The van der Waals surface area contributed by atoms with Gasteiger partial charge in [-0.2, -0.15) is 5.26 Å². The minimum absolute atomic E-state index is 0.114. The molecule has 1 aliphatic heterocycles. The Hall–Kier alpha value is -1.57. The molecule has 1 saturated heterocycles. The Morgan fingerprint density at radius 2 is 2.17 bits per heavy atom. The number of amides is 2. The van der Waals surface area contributed by atoms with Crippen molar-refractivity contribution in [2.45, 2.75) is 39.0 Å². The van der Waals surface area contributed by atoms with Gasteiger partial charge in [0, 0.05) is 13.1 Å². The molecule has 1 heterocycles. The fraction of sp³-hybridized carbons (Fsp3) is 0.769. The molecule has 5 nitrogen and oxygen atoms in total. The molecule has 0 aromatic rings. The SMILES string of the molecule is CCCC1CCCN(C(=O)C(=O)NCC#N)CC1. The Balaban J connectivity index is 2.44. The second-order valence-electron chi connectivity index (χ2n) is 4.72. The van der Waals surface area contributed by atoms with Gasteiger partial charge >= 0.3 is 11.8 Å². The van der Waals surface area contributed by atoms with Gasteiger partial charge in [0.1, 0.15) is 6.54 Å². The third kappa shape index (κ3) is 4.36. The summed E-state index contributed by atoms with van der Waals surface area (Å²) in [7, 11) is 0. The highest BCUT2D eigenvalue weighted by molar-refractivity contribution is 6.35. The van der Waals surface area contributed by atoms with E-state index in [1.165, 1.54) is 12.8 Å². The summed E-state index contributed by atoms with van der Waals surface area (Å²) in [4.78, 5) is 24.9. The first-order valence-electron chi connectivity index (χ1n) is 6.63. The molecule has 1 fully saturated rings. The summed E-state index contributed by atoms with van der Waals surface area (Å²) in [5.74, 6) is -0.483. The molecule has 0 aliphatic carbocycles. The summed E-state index contributed by atoms with van der Waals surface area (Å²) in [5, 5.41) is 10.7. The maximum atomic E-state index is 11.8. The number of nitrogens with zero attached hydrogens (tertiary/aromatic N) is 2. The Labute approximate surface area is 108 Å². The van der Waals surface area contributed by atoms with Crippen LogP contribution in [0, 0.1) is 17.2 Å². The van der Waals surface area contributed by atoms with Crippen molar-refractivity contribution in [3.8, 4) is 6.07 Å². The molecular formula is C13H21N3O2. The van der Waals surface area contributed by atoms with Crippen molar-refractivity contribution in [2.75, 3.05) is 19.6 Å². The molecule has 0 aromatic carbocycles. The van der Waals surface area contributed by atoms with Gasteiger partial charge in [0.05, 0.1) is 6.07 Å². The van der Waals surface area contributed by atoms with Crippen molar-refractivity contribution in [3.63, 3.8) is 0 Å². The van der Waals surface area contributed by atoms with Crippen LogP contribution in [0.1, 0.15) is 39.0 Å². The van der Waals surface area contributed by atoms with Gasteiger partial charge < -0.3 is 10.2 Å². The number of carbonyl (C=O) groups is 2. The van der Waals surface area contributed by atoms with Crippen LogP contribution < -0.4 is 5.32 Å². The van der Waals surface area contributed by atoms with E-state index >= 15 is 0 Å². The van der Waals surface area contributed by atoms with Crippen molar-refractivity contribution in [2.24, 2.45) is 5.92 Å². The van der Waals surface area contributed by atoms with Crippen LogP contribution in [-0.4, -0.2) is 36.3 Å². The van der Waals surface area contributed by atoms with E-state index in [-0.39, 0.29) is 6.54 Å². The van der Waals surface area contributed by atoms with Crippen molar-refractivity contribution in [1.82, 2.24) is 10.2 Å². The van der Waals surface area contributed by atoms with E-state index in [2.05, 4.69) is 12.2 Å². The lowest BCUT2D eigenvalue weighted by atomic mass is 9.96. The van der Waals surface area contributed by atoms with Gasteiger partial charge in [0.15, 0.2) is 0 Å². The van der Waals surface area contributed by atoms with Crippen LogP contribution in [0.3, 0.4) is 0 Å². The molecule has 1 atom stereocenters. The van der Waals surface area contributed by atoms with Crippen molar-refractivity contribution in [3.05, 3.63) is 0 Å². The molecule has 0 aromatic heterocycles. The lowest BCUT2D eigenvalue weighted by Crippen LogP contribution is -2.43. The quantitative estimate of drug-likeness (QED) is 0.602. The summed E-state index contributed by atoms with van der Waals surface area (Å²) < 4.78 is 0. The number of nitrogens with one attached hydrogen (secondary N) is 1. The molecule has 0 spiro atoms. The highest BCUT2D eigenvalue weighted by Gasteiger charge is 2.24. The van der Waals surface area contributed by atoms with E-state index in [1.54, 1.807) is 11.0 Å². The summed E-state index contributed by atoms with van der Waals surface area (Å²) in [6, 6.07) is 1.79. The molecule has 0 radical (unpaired) electrons. The Morgan fingerprint density at radius 1 is 1.39 bits per heavy atom. The van der Waals surface area contributed by atoms with Gasteiger partial charge in [-0.15, -0.1) is 0 Å². The highest BCUT2D eigenvalue weighted by Crippen LogP contribution is 2.21.